The first-order valence-corrected chi connectivity index (χ1v) is 10.3. The van der Waals surface area contributed by atoms with Crippen molar-refractivity contribution in [2.24, 2.45) is 0 Å². The Morgan fingerprint density at radius 2 is 1.86 bits per heavy atom. The number of nitrogens with two attached hydrogens (primary N) is 1. The van der Waals surface area contributed by atoms with E-state index in [0.29, 0.717) is 13.0 Å². The highest BCUT2D eigenvalue weighted by Gasteiger charge is 2.51. The van der Waals surface area contributed by atoms with Gasteiger partial charge in [-0.25, -0.2) is 14.8 Å². The molecule has 1 aromatic carbocycles. The highest BCUT2D eigenvalue weighted by atomic mass is 35.5. The summed E-state index contributed by atoms with van der Waals surface area (Å²) in [6.45, 7) is 1.99. The van der Waals surface area contributed by atoms with Crippen molar-refractivity contribution in [3.63, 3.8) is 0 Å². The second-order valence-electron chi connectivity index (χ2n) is 7.79. The molecule has 1 aromatic heterocycles. The summed E-state index contributed by atoms with van der Waals surface area (Å²) in [5.74, 6) is -3.31. The molecule has 0 radical (unpaired) electrons. The molecule has 2 heterocycles. The number of anilines is 1. The zero-order valence-electron chi connectivity index (χ0n) is 18.0. The molecule has 4 unspecified atom stereocenters. The van der Waals surface area contributed by atoms with Crippen LogP contribution in [-0.4, -0.2) is 47.5 Å². The van der Waals surface area contributed by atoms with Gasteiger partial charge in [0.1, 0.15) is 23.4 Å². The molecule has 1 fully saturated rings. The highest BCUT2D eigenvalue weighted by Crippen LogP contribution is 2.34. The van der Waals surface area contributed by atoms with E-state index in [1.54, 1.807) is 0 Å². The third-order valence-corrected chi connectivity index (χ3v) is 5.56. The molecule has 1 aliphatic heterocycles. The van der Waals surface area contributed by atoms with Gasteiger partial charge in [-0.05, 0) is 38.1 Å². The smallest absolute Gasteiger partial charge is 0.425 e. The van der Waals surface area contributed by atoms with Gasteiger partial charge >= 0.3 is 12.4 Å². The summed E-state index contributed by atoms with van der Waals surface area (Å²) in [6, 6.07) is -0.831. The number of alkyl halides is 6. The number of benzene rings is 1. The standard InChI is InChI=1S/C20H19ClF7N5O2/c1-7-15(16(33-32-7)20(26,27)28)31-18(34)10-5-12(22)9(13-4-3-11(21)17(29)30-13)6-14(10)35-8(2)19(23,24)25/h3-8,15-16,32-33H,1-2H3,(H2,29,30)(H,31,34). The van der Waals surface area contributed by atoms with Crippen molar-refractivity contribution in [2.45, 2.75) is 50.4 Å². The molecule has 2 aromatic rings. The predicted molar refractivity (Wildman–Crippen MR) is 112 cm³/mol. The van der Waals surface area contributed by atoms with Crippen LogP contribution in [0.5, 0.6) is 5.75 Å². The lowest BCUT2D eigenvalue weighted by Crippen LogP contribution is -2.53. The molecule has 0 aliphatic carbocycles. The second kappa shape index (κ2) is 9.66. The molecule has 192 valence electrons. The number of nitrogen functional groups attached to an aromatic ring is 1. The number of carbonyl (C=O) groups excluding carboxylic acids is 1. The Balaban J connectivity index is 2.04. The Hall–Kier alpha value is -2.84. The number of ether oxygens (including phenoxy) is 1. The van der Waals surface area contributed by atoms with Crippen LogP contribution in [0, 0.1) is 5.82 Å². The van der Waals surface area contributed by atoms with E-state index < -0.39 is 59.6 Å². The van der Waals surface area contributed by atoms with Crippen LogP contribution in [0.25, 0.3) is 11.3 Å². The van der Waals surface area contributed by atoms with Crippen LogP contribution >= 0.6 is 11.6 Å². The zero-order chi connectivity index (χ0) is 26.3. The lowest BCUT2D eigenvalue weighted by molar-refractivity contribution is -0.189. The Morgan fingerprint density at radius 3 is 2.43 bits per heavy atom. The fourth-order valence-electron chi connectivity index (χ4n) is 3.30. The van der Waals surface area contributed by atoms with Gasteiger partial charge in [0.2, 0.25) is 0 Å². The first-order valence-electron chi connectivity index (χ1n) is 9.97. The molecule has 0 bridgehead atoms. The summed E-state index contributed by atoms with van der Waals surface area (Å²) in [5, 5.41) is 2.13. The van der Waals surface area contributed by atoms with E-state index in [2.05, 4.69) is 15.7 Å². The monoisotopic (exact) mass is 529 g/mol. The van der Waals surface area contributed by atoms with Crippen LogP contribution < -0.4 is 26.6 Å². The van der Waals surface area contributed by atoms with Crippen LogP contribution in [0.2, 0.25) is 5.02 Å². The largest absolute Gasteiger partial charge is 0.480 e. The number of nitrogens with one attached hydrogen (secondary N) is 3. The lowest BCUT2D eigenvalue weighted by atomic mass is 10.0. The van der Waals surface area contributed by atoms with Crippen LogP contribution in [-0.2, 0) is 0 Å². The minimum Gasteiger partial charge on any atom is -0.480 e. The molecule has 1 aliphatic rings. The Bertz CT molecular complexity index is 1110. The van der Waals surface area contributed by atoms with Gasteiger partial charge in [-0.2, -0.15) is 26.3 Å². The number of hydrogen-bond acceptors (Lipinski definition) is 6. The number of amides is 1. The highest BCUT2D eigenvalue weighted by molar-refractivity contribution is 6.32. The average molecular weight is 530 g/mol. The quantitative estimate of drug-likeness (QED) is 0.437. The number of hydrazine groups is 1. The molecule has 1 amide bonds. The van der Waals surface area contributed by atoms with E-state index >= 15 is 0 Å². The normalized spacial score (nSPS) is 21.6. The van der Waals surface area contributed by atoms with E-state index in [1.165, 1.54) is 19.1 Å². The van der Waals surface area contributed by atoms with Crippen molar-refractivity contribution in [2.75, 3.05) is 5.73 Å². The van der Waals surface area contributed by atoms with Crippen molar-refractivity contribution in [3.05, 3.63) is 40.7 Å². The van der Waals surface area contributed by atoms with Gasteiger partial charge in [-0.15, -0.1) is 0 Å². The van der Waals surface area contributed by atoms with Gasteiger partial charge in [-0.1, -0.05) is 11.6 Å². The molecule has 7 nitrogen and oxygen atoms in total. The topological polar surface area (TPSA) is 101 Å². The number of pyridine rings is 1. The van der Waals surface area contributed by atoms with Gasteiger partial charge in [0.15, 0.2) is 6.10 Å². The molecule has 4 atom stereocenters. The van der Waals surface area contributed by atoms with E-state index in [1.807, 2.05) is 5.43 Å². The molecule has 35 heavy (non-hydrogen) atoms. The third-order valence-electron chi connectivity index (χ3n) is 5.24. The molecule has 15 heteroatoms. The van der Waals surface area contributed by atoms with Crippen molar-refractivity contribution in [3.8, 4) is 17.0 Å². The maximum atomic E-state index is 15.0. The van der Waals surface area contributed by atoms with Crippen molar-refractivity contribution in [1.29, 1.82) is 0 Å². The zero-order valence-corrected chi connectivity index (χ0v) is 18.7. The maximum Gasteiger partial charge on any atom is 0.425 e. The first kappa shape index (κ1) is 26.8. The molecule has 0 spiro atoms. The number of carbonyl (C=O) groups is 1. The summed E-state index contributed by atoms with van der Waals surface area (Å²) in [4.78, 5) is 16.7. The predicted octanol–water partition coefficient (Wildman–Crippen LogP) is 3.98. The van der Waals surface area contributed by atoms with Crippen molar-refractivity contribution in [1.82, 2.24) is 21.2 Å². The molecule has 5 N–H and O–H groups in total. The van der Waals surface area contributed by atoms with Crippen molar-refractivity contribution >= 4 is 23.3 Å². The van der Waals surface area contributed by atoms with Gasteiger partial charge in [0.25, 0.3) is 5.91 Å². The Morgan fingerprint density at radius 1 is 1.20 bits per heavy atom. The van der Waals surface area contributed by atoms with Gasteiger partial charge in [0, 0.05) is 11.6 Å². The SMILES string of the molecule is CC1NNC(C(F)(F)F)C1NC(=O)c1cc(F)c(-c2ccc(Cl)c(N)n2)cc1OC(C)C(F)(F)F. The molecule has 3 rings (SSSR count). The van der Waals surface area contributed by atoms with E-state index in [-0.39, 0.29) is 22.1 Å². The fraction of sp³-hybridized carbons (Fsp3) is 0.400. The van der Waals surface area contributed by atoms with E-state index in [9.17, 15) is 35.5 Å². The summed E-state index contributed by atoms with van der Waals surface area (Å²) >= 11 is 5.79. The van der Waals surface area contributed by atoms with Crippen LogP contribution in [0.1, 0.15) is 24.2 Å². The Kier molecular flexibility index (Phi) is 7.39. The van der Waals surface area contributed by atoms with E-state index in [0.717, 1.165) is 6.07 Å². The summed E-state index contributed by atoms with van der Waals surface area (Å²) in [5.41, 5.74) is 8.68. The van der Waals surface area contributed by atoms with Crippen LogP contribution in [0.4, 0.5) is 36.6 Å². The number of halogens is 8. The third kappa shape index (κ3) is 5.87. The average Bonchev–Trinajstić information content (AvgIpc) is 3.11. The minimum absolute atomic E-state index is 0.0412. The van der Waals surface area contributed by atoms with Crippen LogP contribution in [0.3, 0.4) is 0 Å². The van der Waals surface area contributed by atoms with Crippen LogP contribution in [0.15, 0.2) is 24.3 Å². The molecule has 0 saturated carbocycles. The number of hydrogen-bond donors (Lipinski definition) is 4. The summed E-state index contributed by atoms with van der Waals surface area (Å²) < 4.78 is 99.2. The summed E-state index contributed by atoms with van der Waals surface area (Å²) in [6.07, 6.45) is -12.1. The van der Waals surface area contributed by atoms with Gasteiger partial charge in [0.05, 0.1) is 22.3 Å². The minimum atomic E-state index is -4.86. The summed E-state index contributed by atoms with van der Waals surface area (Å²) in [7, 11) is 0. The number of nitrogens with zero attached hydrogens (tertiary/aromatic N) is 1. The number of rotatable bonds is 5. The lowest BCUT2D eigenvalue weighted by Gasteiger charge is -2.25. The Labute approximate surface area is 199 Å². The van der Waals surface area contributed by atoms with Gasteiger partial charge < -0.3 is 15.8 Å². The maximum absolute atomic E-state index is 15.0. The van der Waals surface area contributed by atoms with Gasteiger partial charge in [-0.3, -0.25) is 10.2 Å². The molecular formula is C20H19ClF7N5O2. The van der Waals surface area contributed by atoms with E-state index in [4.69, 9.17) is 22.1 Å². The first-order chi connectivity index (χ1) is 16.1. The second-order valence-corrected chi connectivity index (χ2v) is 8.20. The van der Waals surface area contributed by atoms with Crippen molar-refractivity contribution < 1.29 is 40.3 Å². The number of aromatic nitrogens is 1. The molecule has 1 saturated heterocycles. The molecular weight excluding hydrogens is 511 g/mol. The fourth-order valence-corrected chi connectivity index (χ4v) is 3.41.